The molecule has 0 saturated carbocycles. The summed E-state index contributed by atoms with van der Waals surface area (Å²) in [5.74, 6) is 1.48. The average molecular weight is 225 g/mol. The van der Waals surface area contributed by atoms with Crippen molar-refractivity contribution in [2.45, 2.75) is 6.42 Å². The van der Waals surface area contributed by atoms with Crippen molar-refractivity contribution >= 4 is 11.5 Å². The van der Waals surface area contributed by atoms with E-state index in [2.05, 4.69) is 15.2 Å². The molecule has 0 fully saturated rings. The third kappa shape index (κ3) is 1.82. The molecule has 84 valence electrons. The second kappa shape index (κ2) is 3.86. The number of hydrogen-bond donors (Lipinski definition) is 1. The molecular weight excluding hydrogens is 214 g/mol. The predicted molar refractivity (Wildman–Crippen MR) is 64.4 cm³/mol. The summed E-state index contributed by atoms with van der Waals surface area (Å²) in [6.45, 7) is 0. The molecule has 0 bridgehead atoms. The number of nitrogens with zero attached hydrogens (tertiary/aromatic N) is 4. The van der Waals surface area contributed by atoms with Gasteiger partial charge in [0, 0.05) is 24.5 Å². The first-order chi connectivity index (χ1) is 8.33. The topological polar surface area (TPSA) is 69.1 Å². The highest BCUT2D eigenvalue weighted by Crippen LogP contribution is 2.11. The molecule has 0 aliphatic carbocycles. The fraction of sp³-hybridized carbons (Fsp3) is 0.0833. The van der Waals surface area contributed by atoms with Crippen LogP contribution in [0.3, 0.4) is 0 Å². The largest absolute Gasteiger partial charge is 0.399 e. The summed E-state index contributed by atoms with van der Waals surface area (Å²) in [6.07, 6.45) is 4.30. The van der Waals surface area contributed by atoms with E-state index in [1.54, 1.807) is 6.20 Å². The van der Waals surface area contributed by atoms with Gasteiger partial charge < -0.3 is 5.73 Å². The van der Waals surface area contributed by atoms with Gasteiger partial charge in [-0.25, -0.2) is 4.98 Å². The van der Waals surface area contributed by atoms with Gasteiger partial charge in [0.2, 0.25) is 0 Å². The molecule has 17 heavy (non-hydrogen) atoms. The maximum Gasteiger partial charge on any atom is 0.254 e. The standard InChI is InChI=1S/C12H11N5/c13-10-4-1-3-9(7-10)8-11-15-16-12-14-5-2-6-17(11)12/h1-7H,8,13H2. The van der Waals surface area contributed by atoms with Crippen LogP contribution in [0.25, 0.3) is 5.78 Å². The van der Waals surface area contributed by atoms with Crippen molar-refractivity contribution in [2.75, 3.05) is 5.73 Å². The van der Waals surface area contributed by atoms with E-state index in [-0.39, 0.29) is 0 Å². The minimum absolute atomic E-state index is 0.617. The number of fused-ring (bicyclic) bond motifs is 1. The van der Waals surface area contributed by atoms with E-state index in [1.165, 1.54) is 0 Å². The second-order valence-corrected chi connectivity index (χ2v) is 3.83. The third-order valence-electron chi connectivity index (χ3n) is 2.57. The summed E-state index contributed by atoms with van der Waals surface area (Å²) >= 11 is 0. The fourth-order valence-corrected chi connectivity index (χ4v) is 1.80. The van der Waals surface area contributed by atoms with Crippen molar-refractivity contribution in [1.82, 2.24) is 19.6 Å². The Balaban J connectivity index is 2.00. The molecule has 0 aliphatic heterocycles. The number of nitrogens with two attached hydrogens (primary N) is 1. The van der Waals surface area contributed by atoms with Gasteiger partial charge >= 0.3 is 0 Å². The van der Waals surface area contributed by atoms with E-state index in [9.17, 15) is 0 Å². The maximum atomic E-state index is 5.75. The number of rotatable bonds is 2. The number of nitrogen functional groups attached to an aromatic ring is 1. The first-order valence-corrected chi connectivity index (χ1v) is 5.32. The maximum absolute atomic E-state index is 5.75. The van der Waals surface area contributed by atoms with Crippen molar-refractivity contribution in [1.29, 1.82) is 0 Å². The van der Waals surface area contributed by atoms with Crippen LogP contribution in [-0.4, -0.2) is 19.6 Å². The summed E-state index contributed by atoms with van der Waals surface area (Å²) < 4.78 is 1.88. The minimum atomic E-state index is 0.617. The van der Waals surface area contributed by atoms with Gasteiger partial charge in [0.25, 0.3) is 5.78 Å². The highest BCUT2D eigenvalue weighted by atomic mass is 15.3. The quantitative estimate of drug-likeness (QED) is 0.667. The summed E-state index contributed by atoms with van der Waals surface area (Å²) in [6, 6.07) is 9.63. The molecule has 2 N–H and O–H groups in total. The zero-order chi connectivity index (χ0) is 11.7. The summed E-state index contributed by atoms with van der Waals surface area (Å²) in [5.41, 5.74) is 7.62. The number of aromatic nitrogens is 4. The molecule has 0 amide bonds. The lowest BCUT2D eigenvalue weighted by Crippen LogP contribution is -1.97. The monoisotopic (exact) mass is 225 g/mol. The number of anilines is 1. The van der Waals surface area contributed by atoms with Gasteiger partial charge in [-0.3, -0.25) is 4.40 Å². The molecule has 1 aromatic carbocycles. The van der Waals surface area contributed by atoms with Gasteiger partial charge in [0.15, 0.2) is 0 Å². The van der Waals surface area contributed by atoms with Crippen LogP contribution in [0.2, 0.25) is 0 Å². The Kier molecular flexibility index (Phi) is 2.22. The number of benzene rings is 1. The van der Waals surface area contributed by atoms with E-state index < -0.39 is 0 Å². The molecule has 0 atom stereocenters. The van der Waals surface area contributed by atoms with Crippen LogP contribution in [-0.2, 0) is 6.42 Å². The SMILES string of the molecule is Nc1cccc(Cc2nnc3ncccn23)c1. The van der Waals surface area contributed by atoms with Crippen LogP contribution in [0.1, 0.15) is 11.4 Å². The molecule has 3 rings (SSSR count). The Morgan fingerprint density at radius 3 is 3.00 bits per heavy atom. The molecule has 0 radical (unpaired) electrons. The Hall–Kier alpha value is -2.43. The van der Waals surface area contributed by atoms with E-state index in [1.807, 2.05) is 40.9 Å². The Morgan fingerprint density at radius 2 is 2.12 bits per heavy atom. The first-order valence-electron chi connectivity index (χ1n) is 5.32. The van der Waals surface area contributed by atoms with Crippen LogP contribution in [0.4, 0.5) is 5.69 Å². The van der Waals surface area contributed by atoms with Crippen LogP contribution >= 0.6 is 0 Å². The highest BCUT2D eigenvalue weighted by Gasteiger charge is 2.06. The Morgan fingerprint density at radius 1 is 1.18 bits per heavy atom. The van der Waals surface area contributed by atoms with Gasteiger partial charge in [0.1, 0.15) is 5.82 Å². The van der Waals surface area contributed by atoms with Crippen molar-refractivity contribution in [3.63, 3.8) is 0 Å². The van der Waals surface area contributed by atoms with Crippen molar-refractivity contribution in [3.8, 4) is 0 Å². The van der Waals surface area contributed by atoms with E-state index in [4.69, 9.17) is 5.73 Å². The molecule has 0 saturated heterocycles. The van der Waals surface area contributed by atoms with Crippen LogP contribution < -0.4 is 5.73 Å². The molecule has 0 spiro atoms. The predicted octanol–water partition coefficient (Wildman–Crippen LogP) is 1.30. The first kappa shape index (κ1) is 9.77. The highest BCUT2D eigenvalue weighted by molar-refractivity contribution is 5.41. The van der Waals surface area contributed by atoms with E-state index in [0.717, 1.165) is 17.1 Å². The average Bonchev–Trinajstić information content (AvgIpc) is 2.73. The summed E-state index contributed by atoms with van der Waals surface area (Å²) in [4.78, 5) is 4.13. The fourth-order valence-electron chi connectivity index (χ4n) is 1.80. The normalized spacial score (nSPS) is 10.8. The molecular formula is C12H11N5. The Bertz CT molecular complexity index is 659. The lowest BCUT2D eigenvalue weighted by molar-refractivity contribution is 0.933. The molecule has 0 aliphatic rings. The van der Waals surface area contributed by atoms with Crippen LogP contribution in [0.15, 0.2) is 42.7 Å². The van der Waals surface area contributed by atoms with Gasteiger partial charge in [0.05, 0.1) is 0 Å². The Labute approximate surface area is 97.9 Å². The van der Waals surface area contributed by atoms with E-state index >= 15 is 0 Å². The molecule has 3 aromatic rings. The van der Waals surface area contributed by atoms with Gasteiger partial charge in [-0.05, 0) is 23.8 Å². The molecule has 0 unspecified atom stereocenters. The molecule has 2 heterocycles. The van der Waals surface area contributed by atoms with Crippen LogP contribution in [0, 0.1) is 0 Å². The smallest absolute Gasteiger partial charge is 0.254 e. The molecule has 5 nitrogen and oxygen atoms in total. The minimum Gasteiger partial charge on any atom is -0.399 e. The molecule has 5 heteroatoms. The lowest BCUT2D eigenvalue weighted by Gasteiger charge is -2.01. The van der Waals surface area contributed by atoms with E-state index in [0.29, 0.717) is 12.2 Å². The molecule has 2 aromatic heterocycles. The third-order valence-corrected chi connectivity index (χ3v) is 2.57. The van der Waals surface area contributed by atoms with Gasteiger partial charge in [-0.15, -0.1) is 10.2 Å². The second-order valence-electron chi connectivity index (χ2n) is 3.83. The summed E-state index contributed by atoms with van der Waals surface area (Å²) in [7, 11) is 0. The van der Waals surface area contributed by atoms with Crippen molar-refractivity contribution in [2.24, 2.45) is 0 Å². The van der Waals surface area contributed by atoms with Gasteiger partial charge in [-0.2, -0.15) is 0 Å². The summed E-state index contributed by atoms with van der Waals surface area (Å²) in [5, 5.41) is 8.14. The lowest BCUT2D eigenvalue weighted by atomic mass is 10.1. The number of hydrogen-bond acceptors (Lipinski definition) is 4. The zero-order valence-corrected chi connectivity index (χ0v) is 9.11. The van der Waals surface area contributed by atoms with Crippen LogP contribution in [0.5, 0.6) is 0 Å². The zero-order valence-electron chi connectivity index (χ0n) is 9.11. The van der Waals surface area contributed by atoms with Gasteiger partial charge in [-0.1, -0.05) is 12.1 Å². The van der Waals surface area contributed by atoms with Crippen molar-refractivity contribution < 1.29 is 0 Å². The van der Waals surface area contributed by atoms with Crippen molar-refractivity contribution in [3.05, 3.63) is 54.1 Å².